The second-order valence-corrected chi connectivity index (χ2v) is 7.17. The Morgan fingerprint density at radius 1 is 1.33 bits per heavy atom. The highest BCUT2D eigenvalue weighted by atomic mass is 32.1. The Morgan fingerprint density at radius 2 is 2.29 bits per heavy atom. The van der Waals surface area contributed by atoms with Gasteiger partial charge in [-0.2, -0.15) is 0 Å². The van der Waals surface area contributed by atoms with Gasteiger partial charge in [-0.1, -0.05) is 6.07 Å². The molecule has 1 aliphatic heterocycles. The van der Waals surface area contributed by atoms with Gasteiger partial charge in [-0.3, -0.25) is 9.30 Å². The molecule has 24 heavy (non-hydrogen) atoms. The number of methoxy groups -OCH3 is 1. The first kappa shape index (κ1) is 15.7. The number of likely N-dealkylation sites (tertiary alicyclic amines) is 1. The highest BCUT2D eigenvalue weighted by molar-refractivity contribution is 7.09. The lowest BCUT2D eigenvalue weighted by molar-refractivity contribution is 0.182. The number of rotatable bonds is 5. The summed E-state index contributed by atoms with van der Waals surface area (Å²) < 4.78 is 7.27. The van der Waals surface area contributed by atoms with Crippen LogP contribution in [-0.4, -0.2) is 44.7 Å². The van der Waals surface area contributed by atoms with Crippen molar-refractivity contribution in [2.75, 3.05) is 20.2 Å². The van der Waals surface area contributed by atoms with Gasteiger partial charge in [0.2, 0.25) is 0 Å². The van der Waals surface area contributed by atoms with Crippen LogP contribution in [0.2, 0.25) is 0 Å². The quantitative estimate of drug-likeness (QED) is 0.713. The topological polar surface area (TPSA) is 55.5 Å². The van der Waals surface area contributed by atoms with E-state index < -0.39 is 0 Å². The summed E-state index contributed by atoms with van der Waals surface area (Å²) in [5.41, 5.74) is 2.06. The monoisotopic (exact) mass is 343 g/mol. The third-order valence-corrected chi connectivity index (χ3v) is 5.33. The van der Waals surface area contributed by atoms with Gasteiger partial charge >= 0.3 is 0 Å². The number of thiazole rings is 1. The number of hydrogen-bond donors (Lipinski definition) is 0. The third-order valence-electron chi connectivity index (χ3n) is 4.46. The fourth-order valence-electron chi connectivity index (χ4n) is 3.39. The third kappa shape index (κ3) is 3.19. The predicted octanol–water partition coefficient (Wildman–Crippen LogP) is 2.71. The van der Waals surface area contributed by atoms with Crippen molar-refractivity contribution in [3.05, 3.63) is 46.3 Å². The largest absolute Gasteiger partial charge is 0.378 e. The van der Waals surface area contributed by atoms with Crippen molar-refractivity contribution in [1.82, 2.24) is 24.5 Å². The Morgan fingerprint density at radius 3 is 3.21 bits per heavy atom. The molecule has 1 atom stereocenters. The van der Waals surface area contributed by atoms with Gasteiger partial charge in [0.15, 0.2) is 5.65 Å². The van der Waals surface area contributed by atoms with Crippen LogP contribution in [-0.2, 0) is 17.9 Å². The number of piperidine rings is 1. The van der Waals surface area contributed by atoms with E-state index in [1.807, 2.05) is 18.2 Å². The van der Waals surface area contributed by atoms with Gasteiger partial charge in [-0.05, 0) is 31.5 Å². The van der Waals surface area contributed by atoms with Gasteiger partial charge in [0, 0.05) is 37.7 Å². The van der Waals surface area contributed by atoms with Crippen LogP contribution < -0.4 is 0 Å². The standard InChI is InChI=1S/C17H21N5OS/c1-23-11-16-18-14(12-24-16)10-21-7-4-5-13(9-21)17-20-19-15-6-2-3-8-22(15)17/h2-3,6,8,12-13H,4-5,7,9-11H2,1H3. The smallest absolute Gasteiger partial charge is 0.160 e. The van der Waals surface area contributed by atoms with Crippen molar-refractivity contribution in [2.45, 2.75) is 31.9 Å². The van der Waals surface area contributed by atoms with E-state index in [-0.39, 0.29) is 0 Å². The fourth-order valence-corrected chi connectivity index (χ4v) is 4.14. The lowest BCUT2D eigenvalue weighted by atomic mass is 9.97. The van der Waals surface area contributed by atoms with Crippen LogP contribution in [0.5, 0.6) is 0 Å². The summed E-state index contributed by atoms with van der Waals surface area (Å²) in [5.74, 6) is 1.50. The molecule has 7 heteroatoms. The fraction of sp³-hybridized carbons (Fsp3) is 0.471. The molecule has 0 aromatic carbocycles. The van der Waals surface area contributed by atoms with Crippen LogP contribution in [0.25, 0.3) is 5.65 Å². The van der Waals surface area contributed by atoms with Crippen LogP contribution >= 0.6 is 11.3 Å². The van der Waals surface area contributed by atoms with E-state index in [1.165, 1.54) is 6.42 Å². The Balaban J connectivity index is 1.47. The molecule has 6 nitrogen and oxygen atoms in total. The van der Waals surface area contributed by atoms with Gasteiger partial charge in [0.05, 0.1) is 12.3 Å². The van der Waals surface area contributed by atoms with E-state index in [9.17, 15) is 0 Å². The lowest BCUT2D eigenvalue weighted by Gasteiger charge is -2.31. The second-order valence-electron chi connectivity index (χ2n) is 6.23. The Labute approximate surface area is 145 Å². The highest BCUT2D eigenvalue weighted by Gasteiger charge is 2.25. The summed E-state index contributed by atoms with van der Waals surface area (Å²) in [6.45, 7) is 3.61. The summed E-state index contributed by atoms with van der Waals surface area (Å²) >= 11 is 1.67. The molecule has 0 saturated carbocycles. The average molecular weight is 343 g/mol. The number of ether oxygens (including phenoxy) is 1. The van der Waals surface area contributed by atoms with Gasteiger partial charge < -0.3 is 4.74 Å². The first-order valence-corrected chi connectivity index (χ1v) is 9.15. The Hall–Kier alpha value is -1.83. The van der Waals surface area contributed by atoms with Gasteiger partial charge in [-0.15, -0.1) is 21.5 Å². The van der Waals surface area contributed by atoms with E-state index in [0.717, 1.165) is 48.2 Å². The predicted molar refractivity (Wildman–Crippen MR) is 93.1 cm³/mol. The number of aromatic nitrogens is 4. The molecular formula is C17H21N5OS. The molecule has 0 spiro atoms. The van der Waals surface area contributed by atoms with Gasteiger partial charge in [0.25, 0.3) is 0 Å². The van der Waals surface area contributed by atoms with Gasteiger partial charge in [0.1, 0.15) is 10.8 Å². The molecule has 1 fully saturated rings. The Kier molecular flexibility index (Phi) is 4.55. The zero-order valence-electron chi connectivity index (χ0n) is 13.8. The molecule has 0 aliphatic carbocycles. The van der Waals surface area contributed by atoms with E-state index in [2.05, 4.69) is 36.1 Å². The zero-order valence-corrected chi connectivity index (χ0v) is 14.6. The normalized spacial score (nSPS) is 19.1. The SMILES string of the molecule is COCc1nc(CN2CCCC(c3nnc4ccccn34)C2)cs1. The Bertz CT molecular complexity index is 814. The maximum Gasteiger partial charge on any atom is 0.160 e. The van der Waals surface area contributed by atoms with Crippen LogP contribution in [0, 0.1) is 0 Å². The van der Waals surface area contributed by atoms with Crippen LogP contribution in [0.3, 0.4) is 0 Å². The average Bonchev–Trinajstić information content (AvgIpc) is 3.22. The van der Waals surface area contributed by atoms with E-state index in [1.54, 1.807) is 18.4 Å². The molecule has 1 saturated heterocycles. The van der Waals surface area contributed by atoms with E-state index >= 15 is 0 Å². The molecule has 0 radical (unpaired) electrons. The first-order valence-electron chi connectivity index (χ1n) is 8.27. The number of pyridine rings is 1. The minimum atomic E-state index is 0.424. The lowest BCUT2D eigenvalue weighted by Crippen LogP contribution is -2.34. The molecule has 1 unspecified atom stereocenters. The first-order chi connectivity index (χ1) is 11.8. The van der Waals surface area contributed by atoms with Gasteiger partial charge in [-0.25, -0.2) is 4.98 Å². The molecule has 4 heterocycles. The molecule has 126 valence electrons. The highest BCUT2D eigenvalue weighted by Crippen LogP contribution is 2.27. The van der Waals surface area contributed by atoms with E-state index in [0.29, 0.717) is 12.5 Å². The molecule has 3 aromatic rings. The summed E-state index contributed by atoms with van der Waals surface area (Å²) in [5, 5.41) is 11.9. The van der Waals surface area contributed by atoms with Crippen molar-refractivity contribution in [2.24, 2.45) is 0 Å². The van der Waals surface area contributed by atoms with Crippen LogP contribution in [0.1, 0.15) is 35.3 Å². The number of nitrogens with zero attached hydrogens (tertiary/aromatic N) is 5. The molecule has 1 aliphatic rings. The summed E-state index contributed by atoms with van der Waals surface area (Å²) in [6, 6.07) is 6.04. The van der Waals surface area contributed by atoms with Crippen molar-refractivity contribution >= 4 is 17.0 Å². The summed E-state index contributed by atoms with van der Waals surface area (Å²) in [7, 11) is 1.71. The zero-order chi connectivity index (χ0) is 16.4. The molecule has 4 rings (SSSR count). The molecule has 0 N–H and O–H groups in total. The number of fused-ring (bicyclic) bond motifs is 1. The van der Waals surface area contributed by atoms with Crippen molar-refractivity contribution in [1.29, 1.82) is 0 Å². The summed E-state index contributed by atoms with van der Waals surface area (Å²) in [4.78, 5) is 7.13. The molecule has 0 bridgehead atoms. The maximum atomic E-state index is 5.15. The minimum Gasteiger partial charge on any atom is -0.378 e. The summed E-state index contributed by atoms with van der Waals surface area (Å²) in [6.07, 6.45) is 4.40. The molecule has 0 amide bonds. The van der Waals surface area contributed by atoms with Crippen molar-refractivity contribution in [3.63, 3.8) is 0 Å². The molecule has 3 aromatic heterocycles. The second kappa shape index (κ2) is 6.96. The maximum absolute atomic E-state index is 5.15. The van der Waals surface area contributed by atoms with Crippen LogP contribution in [0.4, 0.5) is 0 Å². The van der Waals surface area contributed by atoms with Crippen LogP contribution in [0.15, 0.2) is 29.8 Å². The number of hydrogen-bond acceptors (Lipinski definition) is 6. The minimum absolute atomic E-state index is 0.424. The van der Waals surface area contributed by atoms with Crippen molar-refractivity contribution in [3.8, 4) is 0 Å². The van der Waals surface area contributed by atoms with E-state index in [4.69, 9.17) is 4.74 Å². The molecular weight excluding hydrogens is 322 g/mol. The van der Waals surface area contributed by atoms with Crippen molar-refractivity contribution < 1.29 is 4.74 Å².